The molecule has 1 aliphatic rings. The lowest BCUT2D eigenvalue weighted by Crippen LogP contribution is -2.49. The normalized spacial score (nSPS) is 17.6. The SMILES string of the molecule is NCCC[C@@H]1N[C@H](CNC(=O)/C=C/c2ccc3ccccc3c2)CCN(CC(c2ccccc2)c2ccccc2)C1=O. The highest BCUT2D eigenvalue weighted by Crippen LogP contribution is 2.27. The van der Waals surface area contributed by atoms with Crippen LogP contribution in [0.1, 0.15) is 41.9 Å². The molecular weight excluding hydrogens is 520 g/mol. The van der Waals surface area contributed by atoms with Gasteiger partial charge in [-0.05, 0) is 65.4 Å². The standard InChI is InChI=1S/C36H40N4O2/c37-22-9-16-34-36(42)40(26-33(29-11-3-1-4-12-29)30-13-5-2-6-14-30)23-21-32(39-34)25-38-35(41)20-18-27-17-19-28-10-7-8-15-31(28)24-27/h1-8,10-15,17-20,24,32-34,39H,9,16,21-23,25-26,37H2,(H,38,41)/b20-18+/t32-,34-/m0/s1. The van der Waals surface area contributed by atoms with E-state index in [-0.39, 0.29) is 29.8 Å². The molecule has 1 saturated heterocycles. The summed E-state index contributed by atoms with van der Waals surface area (Å²) in [4.78, 5) is 28.5. The van der Waals surface area contributed by atoms with E-state index in [0.717, 1.165) is 23.8 Å². The highest BCUT2D eigenvalue weighted by Gasteiger charge is 2.32. The number of rotatable bonds is 11. The van der Waals surface area contributed by atoms with Gasteiger partial charge in [0, 0.05) is 37.7 Å². The smallest absolute Gasteiger partial charge is 0.244 e. The van der Waals surface area contributed by atoms with Gasteiger partial charge in [-0.25, -0.2) is 0 Å². The molecule has 0 bridgehead atoms. The summed E-state index contributed by atoms with van der Waals surface area (Å²) in [5.74, 6) is 0.0254. The Hall–Kier alpha value is -4.26. The largest absolute Gasteiger partial charge is 0.351 e. The number of nitrogens with one attached hydrogen (secondary N) is 2. The van der Waals surface area contributed by atoms with Crippen molar-refractivity contribution < 1.29 is 9.59 Å². The van der Waals surface area contributed by atoms with E-state index in [1.165, 1.54) is 16.5 Å². The average molecular weight is 561 g/mol. The zero-order valence-electron chi connectivity index (χ0n) is 24.0. The number of nitrogens with zero attached hydrogens (tertiary/aromatic N) is 1. The van der Waals surface area contributed by atoms with Crippen LogP contribution in [0.15, 0.2) is 109 Å². The van der Waals surface area contributed by atoms with Crippen LogP contribution < -0.4 is 16.4 Å². The van der Waals surface area contributed by atoms with Crippen molar-refractivity contribution in [2.45, 2.75) is 37.3 Å². The van der Waals surface area contributed by atoms with E-state index < -0.39 is 0 Å². The van der Waals surface area contributed by atoms with E-state index >= 15 is 0 Å². The molecule has 42 heavy (non-hydrogen) atoms. The molecule has 5 rings (SSSR count). The molecule has 0 aliphatic carbocycles. The minimum absolute atomic E-state index is 0.0216. The van der Waals surface area contributed by atoms with Crippen LogP contribution in [0, 0.1) is 0 Å². The Morgan fingerprint density at radius 3 is 2.29 bits per heavy atom. The van der Waals surface area contributed by atoms with Crippen LogP contribution in [0.25, 0.3) is 16.8 Å². The Labute approximate surface area is 248 Å². The Morgan fingerprint density at radius 1 is 0.929 bits per heavy atom. The Bertz CT molecular complexity index is 1450. The summed E-state index contributed by atoms with van der Waals surface area (Å²) in [6, 6.07) is 34.7. The Kier molecular flexibility index (Phi) is 10.1. The van der Waals surface area contributed by atoms with Gasteiger partial charge in [0.2, 0.25) is 11.8 Å². The van der Waals surface area contributed by atoms with Gasteiger partial charge >= 0.3 is 0 Å². The molecule has 1 heterocycles. The summed E-state index contributed by atoms with van der Waals surface area (Å²) in [5.41, 5.74) is 9.18. The number of hydrogen-bond acceptors (Lipinski definition) is 4. The summed E-state index contributed by atoms with van der Waals surface area (Å²) < 4.78 is 0. The van der Waals surface area contributed by atoms with Gasteiger partial charge in [-0.15, -0.1) is 0 Å². The highest BCUT2D eigenvalue weighted by atomic mass is 16.2. The fraction of sp³-hybridized carbons (Fsp3) is 0.278. The first-order valence-corrected chi connectivity index (χ1v) is 14.9. The maximum Gasteiger partial charge on any atom is 0.244 e. The van der Waals surface area contributed by atoms with Gasteiger partial charge in [-0.3, -0.25) is 9.59 Å². The quantitative estimate of drug-likeness (QED) is 0.223. The molecule has 6 nitrogen and oxygen atoms in total. The lowest BCUT2D eigenvalue weighted by atomic mass is 9.90. The van der Waals surface area contributed by atoms with Crippen molar-refractivity contribution in [1.82, 2.24) is 15.5 Å². The van der Waals surface area contributed by atoms with Crippen LogP contribution in [-0.4, -0.2) is 55.0 Å². The summed E-state index contributed by atoms with van der Waals surface area (Å²) in [6.45, 7) is 2.20. The van der Waals surface area contributed by atoms with Gasteiger partial charge in [-0.2, -0.15) is 0 Å². The maximum absolute atomic E-state index is 13.8. The lowest BCUT2D eigenvalue weighted by Gasteiger charge is -2.29. The first-order valence-electron chi connectivity index (χ1n) is 14.9. The van der Waals surface area contributed by atoms with E-state index in [2.05, 4.69) is 59.2 Å². The van der Waals surface area contributed by atoms with Crippen molar-refractivity contribution >= 4 is 28.7 Å². The molecule has 0 saturated carbocycles. The van der Waals surface area contributed by atoms with E-state index in [0.29, 0.717) is 32.6 Å². The molecule has 1 fully saturated rings. The molecule has 1 aliphatic heterocycles. The predicted octanol–water partition coefficient (Wildman–Crippen LogP) is 5.10. The molecule has 4 aromatic carbocycles. The first kappa shape index (κ1) is 29.2. The maximum atomic E-state index is 13.8. The van der Waals surface area contributed by atoms with E-state index in [9.17, 15) is 9.59 Å². The van der Waals surface area contributed by atoms with Gasteiger partial charge in [0.1, 0.15) is 0 Å². The van der Waals surface area contributed by atoms with Gasteiger partial charge in [0.05, 0.1) is 6.04 Å². The second-order valence-corrected chi connectivity index (χ2v) is 11.0. The Morgan fingerprint density at radius 2 is 1.60 bits per heavy atom. The molecule has 2 amide bonds. The monoisotopic (exact) mass is 560 g/mol. The van der Waals surface area contributed by atoms with Crippen molar-refractivity contribution in [2.24, 2.45) is 5.73 Å². The first-order chi connectivity index (χ1) is 20.6. The van der Waals surface area contributed by atoms with Crippen LogP contribution in [0.3, 0.4) is 0 Å². The minimum Gasteiger partial charge on any atom is -0.351 e. The van der Waals surface area contributed by atoms with Crippen molar-refractivity contribution in [3.05, 3.63) is 126 Å². The third-order valence-electron chi connectivity index (χ3n) is 8.02. The minimum atomic E-state index is -0.335. The topological polar surface area (TPSA) is 87.5 Å². The molecule has 216 valence electrons. The van der Waals surface area contributed by atoms with Crippen molar-refractivity contribution in [2.75, 3.05) is 26.2 Å². The van der Waals surface area contributed by atoms with Crippen molar-refractivity contribution in [1.29, 1.82) is 0 Å². The zero-order chi connectivity index (χ0) is 29.1. The van der Waals surface area contributed by atoms with E-state index in [4.69, 9.17) is 5.73 Å². The predicted molar refractivity (Wildman–Crippen MR) is 171 cm³/mol. The van der Waals surface area contributed by atoms with Gasteiger partial charge in [0.25, 0.3) is 0 Å². The van der Waals surface area contributed by atoms with Crippen LogP contribution in [0.2, 0.25) is 0 Å². The van der Waals surface area contributed by atoms with E-state index in [1.807, 2.05) is 65.6 Å². The van der Waals surface area contributed by atoms with Crippen molar-refractivity contribution in [3.8, 4) is 0 Å². The summed E-state index contributed by atoms with van der Waals surface area (Å²) in [6.07, 6.45) is 5.58. The average Bonchev–Trinajstić information content (AvgIpc) is 3.19. The molecule has 4 N–H and O–H groups in total. The molecule has 0 spiro atoms. The zero-order valence-corrected chi connectivity index (χ0v) is 24.0. The number of amides is 2. The Balaban J connectivity index is 1.25. The molecule has 4 aromatic rings. The van der Waals surface area contributed by atoms with Crippen LogP contribution in [-0.2, 0) is 9.59 Å². The number of fused-ring (bicyclic) bond motifs is 1. The number of benzene rings is 4. The van der Waals surface area contributed by atoms with Gasteiger partial charge in [0.15, 0.2) is 0 Å². The number of nitrogens with two attached hydrogens (primary N) is 1. The van der Waals surface area contributed by atoms with Gasteiger partial charge < -0.3 is 21.3 Å². The molecular formula is C36H40N4O2. The summed E-state index contributed by atoms with van der Waals surface area (Å²) >= 11 is 0. The van der Waals surface area contributed by atoms with Gasteiger partial charge in [-0.1, -0.05) is 97.1 Å². The number of carbonyl (C=O) groups is 2. The van der Waals surface area contributed by atoms with Crippen molar-refractivity contribution in [3.63, 3.8) is 0 Å². The van der Waals surface area contributed by atoms with Crippen LogP contribution in [0.5, 0.6) is 0 Å². The van der Waals surface area contributed by atoms with Crippen LogP contribution >= 0.6 is 0 Å². The fourth-order valence-electron chi connectivity index (χ4n) is 5.71. The third-order valence-corrected chi connectivity index (χ3v) is 8.02. The van der Waals surface area contributed by atoms with E-state index in [1.54, 1.807) is 6.08 Å². The molecule has 0 unspecified atom stereocenters. The lowest BCUT2D eigenvalue weighted by molar-refractivity contribution is -0.133. The highest BCUT2D eigenvalue weighted by molar-refractivity contribution is 5.93. The van der Waals surface area contributed by atoms with Crippen LogP contribution in [0.4, 0.5) is 0 Å². The second kappa shape index (κ2) is 14.6. The second-order valence-electron chi connectivity index (χ2n) is 11.0. The third kappa shape index (κ3) is 7.72. The molecule has 0 radical (unpaired) electrons. The number of hydrogen-bond donors (Lipinski definition) is 3. The summed E-state index contributed by atoms with van der Waals surface area (Å²) in [7, 11) is 0. The number of carbonyl (C=O) groups excluding carboxylic acids is 2. The summed E-state index contributed by atoms with van der Waals surface area (Å²) in [5, 5.41) is 8.90. The molecule has 6 heteroatoms. The molecule has 2 atom stereocenters. The fourth-order valence-corrected chi connectivity index (χ4v) is 5.71. The molecule has 0 aromatic heterocycles.